The number of nitrogens with zero attached hydrogens (tertiary/aromatic N) is 3. The molecule has 4 heteroatoms. The van der Waals surface area contributed by atoms with Crippen LogP contribution >= 0.6 is 0 Å². The molecule has 0 atom stereocenters. The van der Waals surface area contributed by atoms with Gasteiger partial charge in [-0.05, 0) is 31.4 Å². The van der Waals surface area contributed by atoms with E-state index in [-0.39, 0.29) is 5.91 Å². The topological polar surface area (TPSA) is 38.1 Å². The quantitative estimate of drug-likeness (QED) is 0.784. The summed E-state index contributed by atoms with van der Waals surface area (Å²) in [4.78, 5) is 14.5. The molecule has 0 saturated carbocycles. The molecule has 1 aliphatic rings. The lowest BCUT2D eigenvalue weighted by Crippen LogP contribution is -2.35. The summed E-state index contributed by atoms with van der Waals surface area (Å²) in [7, 11) is 1.86. The molecule has 2 heterocycles. The van der Waals surface area contributed by atoms with Crippen LogP contribution in [0.2, 0.25) is 0 Å². The maximum Gasteiger partial charge on any atom is 0.261 e. The Morgan fingerprint density at radius 2 is 2.11 bits per heavy atom. The van der Waals surface area contributed by atoms with Crippen molar-refractivity contribution >= 4 is 11.6 Å². The monoisotopic (exact) mass is 255 g/mol. The number of fused-ring (bicyclic) bond motifs is 1. The van der Waals surface area contributed by atoms with Gasteiger partial charge in [-0.2, -0.15) is 5.10 Å². The molecule has 98 valence electrons. The normalized spacial score (nSPS) is 14.3. The van der Waals surface area contributed by atoms with Crippen LogP contribution in [0.25, 0.3) is 0 Å². The molecule has 0 aliphatic carbocycles. The van der Waals surface area contributed by atoms with Crippen LogP contribution in [0.15, 0.2) is 30.5 Å². The third-order valence-corrected chi connectivity index (χ3v) is 3.82. The van der Waals surface area contributed by atoms with Gasteiger partial charge in [0.05, 0.1) is 11.8 Å². The Labute approximate surface area is 112 Å². The Kier molecular flexibility index (Phi) is 2.85. The first-order chi connectivity index (χ1) is 9.18. The third-order valence-electron chi connectivity index (χ3n) is 3.82. The molecule has 4 nitrogen and oxygen atoms in total. The predicted molar refractivity (Wildman–Crippen MR) is 74.4 cm³/mol. The minimum absolute atomic E-state index is 0.0535. The van der Waals surface area contributed by atoms with Gasteiger partial charge in [0.2, 0.25) is 0 Å². The molecule has 2 aromatic rings. The summed E-state index contributed by atoms with van der Waals surface area (Å²) in [5, 5.41) is 4.16. The van der Waals surface area contributed by atoms with Crippen molar-refractivity contribution in [3.63, 3.8) is 0 Å². The molecule has 1 aromatic carbocycles. The van der Waals surface area contributed by atoms with Crippen LogP contribution < -0.4 is 4.90 Å². The van der Waals surface area contributed by atoms with E-state index < -0.39 is 0 Å². The minimum Gasteiger partial charge on any atom is -0.308 e. The average Bonchev–Trinajstić information content (AvgIpc) is 2.78. The number of para-hydroxylation sites is 1. The lowest BCUT2D eigenvalue weighted by atomic mass is 10.0. The van der Waals surface area contributed by atoms with Crippen LogP contribution in [-0.4, -0.2) is 22.2 Å². The Morgan fingerprint density at radius 3 is 2.84 bits per heavy atom. The van der Waals surface area contributed by atoms with Gasteiger partial charge in [-0.15, -0.1) is 0 Å². The van der Waals surface area contributed by atoms with E-state index in [1.165, 1.54) is 5.56 Å². The van der Waals surface area contributed by atoms with Gasteiger partial charge in [-0.25, -0.2) is 0 Å². The molecule has 3 rings (SSSR count). The van der Waals surface area contributed by atoms with Gasteiger partial charge in [-0.3, -0.25) is 9.48 Å². The van der Waals surface area contributed by atoms with E-state index in [2.05, 4.69) is 11.2 Å². The summed E-state index contributed by atoms with van der Waals surface area (Å²) in [6.07, 6.45) is 3.73. The van der Waals surface area contributed by atoms with E-state index >= 15 is 0 Å². The molecule has 1 amide bonds. The fourth-order valence-electron chi connectivity index (χ4n) is 2.60. The number of anilines is 1. The van der Waals surface area contributed by atoms with E-state index in [0.717, 1.165) is 30.8 Å². The minimum atomic E-state index is 0.0535. The van der Waals surface area contributed by atoms with Crippen LogP contribution in [0.1, 0.15) is 28.0 Å². The standard InChI is InChI=1S/C15H17N3O/c1-11-13(10-16-17(11)2)15(19)18-9-5-7-12-6-3-4-8-14(12)18/h3-4,6,8,10H,5,7,9H2,1-2H3. The van der Waals surface area contributed by atoms with Crippen LogP contribution in [0, 0.1) is 6.92 Å². The van der Waals surface area contributed by atoms with Gasteiger partial charge in [-0.1, -0.05) is 18.2 Å². The Hall–Kier alpha value is -2.10. The number of hydrogen-bond acceptors (Lipinski definition) is 2. The van der Waals surface area contributed by atoms with Gasteiger partial charge in [0.1, 0.15) is 0 Å². The summed E-state index contributed by atoms with van der Waals surface area (Å²) in [5.41, 5.74) is 3.90. The molecule has 0 spiro atoms. The summed E-state index contributed by atoms with van der Waals surface area (Å²) < 4.78 is 1.74. The first kappa shape index (κ1) is 12.0. The van der Waals surface area contributed by atoms with Crippen molar-refractivity contribution in [2.24, 2.45) is 7.05 Å². The molecular weight excluding hydrogens is 238 g/mol. The van der Waals surface area contributed by atoms with Crippen molar-refractivity contribution in [1.29, 1.82) is 0 Å². The van der Waals surface area contributed by atoms with Gasteiger partial charge >= 0.3 is 0 Å². The Balaban J connectivity index is 2.00. The summed E-state index contributed by atoms with van der Waals surface area (Å²) in [6, 6.07) is 8.14. The van der Waals surface area contributed by atoms with E-state index in [4.69, 9.17) is 0 Å². The number of aromatic nitrogens is 2. The van der Waals surface area contributed by atoms with Gasteiger partial charge < -0.3 is 4.90 Å². The fraction of sp³-hybridized carbons (Fsp3) is 0.333. The Morgan fingerprint density at radius 1 is 1.32 bits per heavy atom. The smallest absolute Gasteiger partial charge is 0.261 e. The molecule has 0 bridgehead atoms. The first-order valence-electron chi connectivity index (χ1n) is 6.57. The highest BCUT2D eigenvalue weighted by Gasteiger charge is 2.25. The number of carbonyl (C=O) groups is 1. The molecule has 1 aromatic heterocycles. The summed E-state index contributed by atoms with van der Waals surface area (Å²) >= 11 is 0. The molecule has 19 heavy (non-hydrogen) atoms. The van der Waals surface area contributed by atoms with Crippen LogP contribution in [0.5, 0.6) is 0 Å². The highest BCUT2D eigenvalue weighted by molar-refractivity contribution is 6.07. The van der Waals surface area contributed by atoms with Crippen molar-refractivity contribution in [2.75, 3.05) is 11.4 Å². The van der Waals surface area contributed by atoms with Gasteiger partial charge in [0.25, 0.3) is 5.91 Å². The zero-order valence-corrected chi connectivity index (χ0v) is 11.3. The number of aryl methyl sites for hydroxylation is 2. The molecular formula is C15H17N3O. The molecule has 0 fully saturated rings. The van der Waals surface area contributed by atoms with Crippen LogP contribution in [0.3, 0.4) is 0 Å². The number of rotatable bonds is 1. The lowest BCUT2D eigenvalue weighted by Gasteiger charge is -2.29. The van der Waals surface area contributed by atoms with Crippen LogP contribution in [0.4, 0.5) is 5.69 Å². The molecule has 0 unspecified atom stereocenters. The second-order valence-corrected chi connectivity index (χ2v) is 4.96. The van der Waals surface area contributed by atoms with Gasteiger partial charge in [0.15, 0.2) is 0 Å². The highest BCUT2D eigenvalue weighted by atomic mass is 16.2. The second kappa shape index (κ2) is 4.53. The Bertz CT molecular complexity index is 630. The largest absolute Gasteiger partial charge is 0.308 e. The average molecular weight is 255 g/mol. The van der Waals surface area contributed by atoms with Crippen molar-refractivity contribution in [3.05, 3.63) is 47.3 Å². The van der Waals surface area contributed by atoms with Crippen molar-refractivity contribution in [2.45, 2.75) is 19.8 Å². The molecule has 0 saturated heterocycles. The number of amides is 1. The zero-order chi connectivity index (χ0) is 13.4. The highest BCUT2D eigenvalue weighted by Crippen LogP contribution is 2.28. The fourth-order valence-corrected chi connectivity index (χ4v) is 2.60. The van der Waals surface area contributed by atoms with Crippen LogP contribution in [-0.2, 0) is 13.5 Å². The number of benzene rings is 1. The molecule has 0 radical (unpaired) electrons. The predicted octanol–water partition coefficient (Wildman–Crippen LogP) is 2.32. The number of hydrogen-bond donors (Lipinski definition) is 0. The maximum absolute atomic E-state index is 12.7. The zero-order valence-electron chi connectivity index (χ0n) is 11.3. The van der Waals surface area contributed by atoms with E-state index in [1.807, 2.05) is 37.1 Å². The second-order valence-electron chi connectivity index (χ2n) is 4.96. The molecule has 1 aliphatic heterocycles. The third kappa shape index (κ3) is 1.93. The van der Waals surface area contributed by atoms with Gasteiger partial charge in [0, 0.05) is 25.0 Å². The van der Waals surface area contributed by atoms with Crippen molar-refractivity contribution < 1.29 is 4.79 Å². The lowest BCUT2D eigenvalue weighted by molar-refractivity contribution is 0.0984. The number of carbonyl (C=O) groups excluding carboxylic acids is 1. The first-order valence-corrected chi connectivity index (χ1v) is 6.57. The van der Waals surface area contributed by atoms with E-state index in [0.29, 0.717) is 5.56 Å². The van der Waals surface area contributed by atoms with E-state index in [9.17, 15) is 4.79 Å². The van der Waals surface area contributed by atoms with Crippen molar-refractivity contribution in [1.82, 2.24) is 9.78 Å². The van der Waals surface area contributed by atoms with E-state index in [1.54, 1.807) is 10.9 Å². The summed E-state index contributed by atoms with van der Waals surface area (Å²) in [5.74, 6) is 0.0535. The van der Waals surface area contributed by atoms with Crippen molar-refractivity contribution in [3.8, 4) is 0 Å². The SMILES string of the molecule is Cc1c(C(=O)N2CCCc3ccccc32)cnn1C. The maximum atomic E-state index is 12.7. The molecule has 0 N–H and O–H groups in total. The summed E-state index contributed by atoms with van der Waals surface area (Å²) in [6.45, 7) is 2.71.